The van der Waals surface area contributed by atoms with Crippen molar-refractivity contribution in [3.05, 3.63) is 53.1 Å². The Morgan fingerprint density at radius 2 is 1.87 bits per heavy atom. The van der Waals surface area contributed by atoms with Crippen molar-refractivity contribution in [2.45, 2.75) is 44.1 Å². The number of piperidine rings is 1. The molecule has 0 atom stereocenters. The van der Waals surface area contributed by atoms with E-state index in [-0.39, 0.29) is 11.8 Å². The summed E-state index contributed by atoms with van der Waals surface area (Å²) in [6, 6.07) is 12.0. The first-order chi connectivity index (χ1) is 14.9. The Kier molecular flexibility index (Phi) is 4.50. The second kappa shape index (κ2) is 7.11. The minimum Gasteiger partial charge on any atom is -0.465 e. The zero-order valence-electron chi connectivity index (χ0n) is 17.4. The molecule has 160 valence electrons. The van der Waals surface area contributed by atoms with Gasteiger partial charge in [-0.05, 0) is 73.1 Å². The molecule has 2 aromatic carbocycles. The van der Waals surface area contributed by atoms with Gasteiger partial charge in [0.25, 0.3) is 5.91 Å². The summed E-state index contributed by atoms with van der Waals surface area (Å²) in [4.78, 5) is 38.0. The third-order valence-electron chi connectivity index (χ3n) is 6.83. The summed E-state index contributed by atoms with van der Waals surface area (Å²) in [5, 5.41) is 15.3. The smallest absolute Gasteiger partial charge is 0.407 e. The molecule has 0 radical (unpaired) electrons. The number of hydrogen-bond acceptors (Lipinski definition) is 3. The van der Waals surface area contributed by atoms with Crippen molar-refractivity contribution in [1.29, 1.82) is 0 Å². The molecule has 5 rings (SSSR count). The molecule has 2 fully saturated rings. The number of anilines is 1. The number of fused-ring (bicyclic) bond motifs is 2. The van der Waals surface area contributed by atoms with Crippen LogP contribution in [0.5, 0.6) is 0 Å². The molecule has 31 heavy (non-hydrogen) atoms. The highest BCUT2D eigenvalue weighted by molar-refractivity contribution is 6.07. The van der Waals surface area contributed by atoms with Crippen molar-refractivity contribution >= 4 is 23.6 Å². The predicted octanol–water partition coefficient (Wildman–Crippen LogP) is 3.52. The van der Waals surface area contributed by atoms with Gasteiger partial charge in [-0.15, -0.1) is 0 Å². The highest BCUT2D eigenvalue weighted by atomic mass is 16.4. The van der Waals surface area contributed by atoms with Crippen LogP contribution >= 0.6 is 0 Å². The minimum absolute atomic E-state index is 0.0534. The van der Waals surface area contributed by atoms with Crippen molar-refractivity contribution in [3.8, 4) is 11.1 Å². The van der Waals surface area contributed by atoms with E-state index >= 15 is 0 Å². The van der Waals surface area contributed by atoms with Crippen molar-refractivity contribution in [1.82, 2.24) is 10.2 Å². The van der Waals surface area contributed by atoms with Crippen LogP contribution in [0.1, 0.15) is 47.2 Å². The van der Waals surface area contributed by atoms with E-state index in [4.69, 9.17) is 0 Å². The van der Waals surface area contributed by atoms with Crippen molar-refractivity contribution < 1.29 is 19.5 Å². The Hall–Kier alpha value is -3.35. The SMILES string of the molecule is Cc1ccc(C(=O)NC2CC2)cc1-c1ccc2c(c1)NC(=O)C21CCN(C(=O)O)CC1. The molecule has 7 nitrogen and oxygen atoms in total. The zero-order valence-corrected chi connectivity index (χ0v) is 17.4. The highest BCUT2D eigenvalue weighted by Gasteiger charge is 2.49. The number of aryl methyl sites for hydroxylation is 1. The number of hydrogen-bond donors (Lipinski definition) is 3. The van der Waals surface area contributed by atoms with Gasteiger partial charge in [0.15, 0.2) is 0 Å². The fraction of sp³-hybridized carbons (Fsp3) is 0.375. The van der Waals surface area contributed by atoms with Crippen LogP contribution in [0.3, 0.4) is 0 Å². The highest BCUT2D eigenvalue weighted by Crippen LogP contribution is 2.46. The average Bonchev–Trinajstić information content (AvgIpc) is 3.53. The summed E-state index contributed by atoms with van der Waals surface area (Å²) in [6.45, 7) is 2.70. The van der Waals surface area contributed by atoms with E-state index < -0.39 is 11.5 Å². The predicted molar refractivity (Wildman–Crippen MR) is 116 cm³/mol. The van der Waals surface area contributed by atoms with E-state index in [1.807, 2.05) is 43.3 Å². The van der Waals surface area contributed by atoms with Crippen LogP contribution in [-0.4, -0.2) is 47.0 Å². The fourth-order valence-corrected chi connectivity index (χ4v) is 4.74. The molecule has 1 aliphatic carbocycles. The molecule has 7 heteroatoms. The van der Waals surface area contributed by atoms with Crippen molar-refractivity contribution in [2.75, 3.05) is 18.4 Å². The lowest BCUT2D eigenvalue weighted by molar-refractivity contribution is -0.122. The number of carbonyl (C=O) groups excluding carboxylic acids is 2. The summed E-state index contributed by atoms with van der Waals surface area (Å²) in [5.74, 6) is -0.110. The summed E-state index contributed by atoms with van der Waals surface area (Å²) in [6.07, 6.45) is 2.10. The fourth-order valence-electron chi connectivity index (χ4n) is 4.74. The number of carbonyl (C=O) groups is 3. The van der Waals surface area contributed by atoms with Crippen LogP contribution in [0.4, 0.5) is 10.5 Å². The number of carboxylic acid groups (broad SMARTS) is 1. The largest absolute Gasteiger partial charge is 0.465 e. The van der Waals surface area contributed by atoms with E-state index in [1.165, 1.54) is 4.90 Å². The van der Waals surface area contributed by atoms with Crippen LogP contribution in [0.15, 0.2) is 36.4 Å². The van der Waals surface area contributed by atoms with Gasteiger partial charge in [-0.2, -0.15) is 0 Å². The third-order valence-corrected chi connectivity index (χ3v) is 6.83. The molecule has 1 saturated heterocycles. The minimum atomic E-state index is -0.940. The number of nitrogens with zero attached hydrogens (tertiary/aromatic N) is 1. The van der Waals surface area contributed by atoms with Crippen LogP contribution in [-0.2, 0) is 10.2 Å². The Labute approximate surface area is 180 Å². The Morgan fingerprint density at radius 1 is 1.13 bits per heavy atom. The van der Waals surface area contributed by atoms with Gasteiger partial charge in [0.05, 0.1) is 5.41 Å². The first-order valence-electron chi connectivity index (χ1n) is 10.7. The lowest BCUT2D eigenvalue weighted by Gasteiger charge is -2.36. The molecular formula is C24H25N3O4. The van der Waals surface area contributed by atoms with Gasteiger partial charge >= 0.3 is 6.09 Å². The number of likely N-dealkylation sites (tertiary alicyclic amines) is 1. The summed E-state index contributed by atoms with van der Waals surface area (Å²) >= 11 is 0. The molecule has 1 saturated carbocycles. The van der Waals surface area contributed by atoms with E-state index in [2.05, 4.69) is 10.6 Å². The molecule has 2 aromatic rings. The maximum atomic E-state index is 12.9. The van der Waals surface area contributed by atoms with Gasteiger partial charge in [0, 0.05) is 30.4 Å². The number of amides is 3. The lowest BCUT2D eigenvalue weighted by atomic mass is 9.73. The molecule has 2 aliphatic heterocycles. The first-order valence-corrected chi connectivity index (χ1v) is 10.7. The van der Waals surface area contributed by atoms with Gasteiger partial charge in [-0.3, -0.25) is 9.59 Å². The molecule has 0 aromatic heterocycles. The number of benzene rings is 2. The van der Waals surface area contributed by atoms with E-state index in [1.54, 1.807) is 0 Å². The Balaban J connectivity index is 1.45. The third kappa shape index (κ3) is 3.34. The molecule has 0 unspecified atom stereocenters. The molecule has 2 heterocycles. The van der Waals surface area contributed by atoms with Crippen LogP contribution in [0, 0.1) is 6.92 Å². The van der Waals surface area contributed by atoms with Gasteiger partial charge in [-0.1, -0.05) is 18.2 Å². The summed E-state index contributed by atoms with van der Waals surface area (Å²) < 4.78 is 0. The molecular weight excluding hydrogens is 394 g/mol. The molecule has 0 bridgehead atoms. The average molecular weight is 419 g/mol. The summed E-state index contributed by atoms with van der Waals surface area (Å²) in [7, 11) is 0. The monoisotopic (exact) mass is 419 g/mol. The maximum Gasteiger partial charge on any atom is 0.407 e. The van der Waals surface area contributed by atoms with Gasteiger partial charge in [0.1, 0.15) is 0 Å². The Bertz CT molecular complexity index is 1100. The van der Waals surface area contributed by atoms with E-state index in [9.17, 15) is 19.5 Å². The van der Waals surface area contributed by atoms with Gasteiger partial charge in [-0.25, -0.2) is 4.79 Å². The Morgan fingerprint density at radius 3 is 2.55 bits per heavy atom. The molecule has 3 amide bonds. The maximum absolute atomic E-state index is 12.9. The van der Waals surface area contributed by atoms with Crippen molar-refractivity contribution in [2.24, 2.45) is 0 Å². The van der Waals surface area contributed by atoms with Crippen LogP contribution in [0.25, 0.3) is 11.1 Å². The number of rotatable bonds is 3. The van der Waals surface area contributed by atoms with Gasteiger partial charge < -0.3 is 20.6 Å². The lowest BCUT2D eigenvalue weighted by Crippen LogP contribution is -2.47. The second-order valence-corrected chi connectivity index (χ2v) is 8.84. The standard InChI is InChI=1S/C24H25N3O4/c1-14-2-3-16(21(28)25-17-5-6-17)12-18(14)15-4-7-19-20(13-15)26-22(29)24(19)8-10-27(11-9-24)23(30)31/h2-4,7,12-13,17H,5-6,8-11H2,1H3,(H,25,28)(H,26,29)(H,30,31). The zero-order chi connectivity index (χ0) is 21.8. The quantitative estimate of drug-likeness (QED) is 0.709. The van der Waals surface area contributed by atoms with Crippen molar-refractivity contribution in [3.63, 3.8) is 0 Å². The van der Waals surface area contributed by atoms with E-state index in [0.717, 1.165) is 40.8 Å². The summed E-state index contributed by atoms with van der Waals surface area (Å²) in [5.41, 5.74) is 4.64. The normalized spacial score (nSPS) is 19.1. The topological polar surface area (TPSA) is 98.7 Å². The molecule has 1 spiro atoms. The van der Waals surface area contributed by atoms with E-state index in [0.29, 0.717) is 37.5 Å². The second-order valence-electron chi connectivity index (χ2n) is 8.84. The van der Waals surface area contributed by atoms with Crippen LogP contribution in [0.2, 0.25) is 0 Å². The molecule has 3 aliphatic rings. The first kappa shape index (κ1) is 19.6. The number of nitrogens with one attached hydrogen (secondary N) is 2. The van der Waals surface area contributed by atoms with Gasteiger partial charge in [0.2, 0.25) is 5.91 Å². The van der Waals surface area contributed by atoms with Crippen LogP contribution < -0.4 is 10.6 Å². The molecule has 3 N–H and O–H groups in total.